The van der Waals surface area contributed by atoms with E-state index >= 15 is 0 Å². The van der Waals surface area contributed by atoms with Gasteiger partial charge in [0.05, 0.1) is 0 Å². The standard InChI is InChI=1S/C8H12O/c1-7-2-4-8(6-9)5-3-7/h6,8H,1-5H2. The summed E-state index contributed by atoms with van der Waals surface area (Å²) in [7, 11) is 0. The van der Waals surface area contributed by atoms with E-state index in [9.17, 15) is 4.79 Å². The van der Waals surface area contributed by atoms with E-state index in [4.69, 9.17) is 0 Å². The van der Waals surface area contributed by atoms with Crippen LogP contribution in [0.3, 0.4) is 0 Å². The van der Waals surface area contributed by atoms with Gasteiger partial charge in [-0.2, -0.15) is 0 Å². The summed E-state index contributed by atoms with van der Waals surface area (Å²) in [6.45, 7) is 3.87. The van der Waals surface area contributed by atoms with Crippen molar-refractivity contribution in [2.45, 2.75) is 25.7 Å². The minimum atomic E-state index is 0.329. The molecule has 0 radical (unpaired) electrons. The number of carbonyl (C=O) groups excluding carboxylic acids is 1. The zero-order chi connectivity index (χ0) is 6.69. The average molecular weight is 124 g/mol. The third kappa shape index (κ3) is 1.67. The quantitative estimate of drug-likeness (QED) is 0.385. The van der Waals surface area contributed by atoms with Gasteiger partial charge < -0.3 is 4.79 Å². The summed E-state index contributed by atoms with van der Waals surface area (Å²) in [5.74, 6) is 0.329. The lowest BCUT2D eigenvalue weighted by molar-refractivity contribution is -0.111. The molecular formula is C8H12O. The molecular weight excluding hydrogens is 112 g/mol. The summed E-state index contributed by atoms with van der Waals surface area (Å²) >= 11 is 0. The second-order valence-electron chi connectivity index (χ2n) is 2.72. The molecule has 0 aromatic carbocycles. The molecule has 1 saturated carbocycles. The van der Waals surface area contributed by atoms with Crippen molar-refractivity contribution in [3.63, 3.8) is 0 Å². The molecule has 0 unspecified atom stereocenters. The van der Waals surface area contributed by atoms with Crippen LogP contribution in [0.15, 0.2) is 12.2 Å². The molecule has 0 aliphatic heterocycles. The van der Waals surface area contributed by atoms with Gasteiger partial charge in [-0.25, -0.2) is 0 Å². The molecule has 0 spiro atoms. The van der Waals surface area contributed by atoms with E-state index in [2.05, 4.69) is 6.58 Å². The van der Waals surface area contributed by atoms with Crippen molar-refractivity contribution in [2.24, 2.45) is 5.92 Å². The Bertz CT molecular complexity index is 117. The van der Waals surface area contributed by atoms with Gasteiger partial charge in [-0.1, -0.05) is 12.2 Å². The fourth-order valence-electron chi connectivity index (χ4n) is 1.18. The van der Waals surface area contributed by atoms with Gasteiger partial charge in [0.15, 0.2) is 0 Å². The molecule has 0 atom stereocenters. The molecule has 0 aromatic heterocycles. The Morgan fingerprint density at radius 3 is 2.44 bits per heavy atom. The van der Waals surface area contributed by atoms with E-state index in [0.29, 0.717) is 5.92 Å². The number of carbonyl (C=O) groups is 1. The second-order valence-corrected chi connectivity index (χ2v) is 2.72. The SMILES string of the molecule is C=C1CCC(C=O)CC1. The number of aldehydes is 1. The minimum Gasteiger partial charge on any atom is -0.303 e. The maximum absolute atomic E-state index is 10.2. The zero-order valence-electron chi connectivity index (χ0n) is 5.60. The number of hydrogen-bond acceptors (Lipinski definition) is 1. The molecule has 0 amide bonds. The van der Waals surface area contributed by atoms with E-state index in [1.165, 1.54) is 5.57 Å². The lowest BCUT2D eigenvalue weighted by atomic mass is 9.88. The first kappa shape index (κ1) is 6.53. The molecule has 0 aromatic rings. The first-order valence-electron chi connectivity index (χ1n) is 3.45. The lowest BCUT2D eigenvalue weighted by Crippen LogP contribution is -2.07. The van der Waals surface area contributed by atoms with Crippen LogP contribution in [0.25, 0.3) is 0 Å². The first-order valence-corrected chi connectivity index (χ1v) is 3.45. The molecule has 0 bridgehead atoms. The van der Waals surface area contributed by atoms with Crippen LogP contribution in [0.4, 0.5) is 0 Å². The lowest BCUT2D eigenvalue weighted by Gasteiger charge is -2.17. The highest BCUT2D eigenvalue weighted by molar-refractivity contribution is 5.53. The molecule has 0 saturated heterocycles. The third-order valence-electron chi connectivity index (χ3n) is 1.93. The zero-order valence-corrected chi connectivity index (χ0v) is 5.60. The van der Waals surface area contributed by atoms with E-state index in [1.54, 1.807) is 0 Å². The van der Waals surface area contributed by atoms with Gasteiger partial charge in [0, 0.05) is 5.92 Å². The Balaban J connectivity index is 2.34. The average Bonchev–Trinajstić information content (AvgIpc) is 1.90. The van der Waals surface area contributed by atoms with Gasteiger partial charge >= 0.3 is 0 Å². The smallest absolute Gasteiger partial charge is 0.123 e. The van der Waals surface area contributed by atoms with Crippen LogP contribution >= 0.6 is 0 Å². The summed E-state index contributed by atoms with van der Waals surface area (Å²) in [4.78, 5) is 10.2. The molecule has 1 aliphatic carbocycles. The van der Waals surface area contributed by atoms with Crippen molar-refractivity contribution in [3.05, 3.63) is 12.2 Å². The fourth-order valence-corrected chi connectivity index (χ4v) is 1.18. The van der Waals surface area contributed by atoms with Gasteiger partial charge in [0.2, 0.25) is 0 Å². The first-order chi connectivity index (χ1) is 4.33. The molecule has 1 heteroatoms. The van der Waals surface area contributed by atoms with Crippen molar-refractivity contribution in [2.75, 3.05) is 0 Å². The molecule has 50 valence electrons. The van der Waals surface area contributed by atoms with Crippen LogP contribution < -0.4 is 0 Å². The Morgan fingerprint density at radius 1 is 1.44 bits per heavy atom. The molecule has 0 heterocycles. The van der Waals surface area contributed by atoms with Crippen LogP contribution in [0.2, 0.25) is 0 Å². The molecule has 1 fully saturated rings. The van der Waals surface area contributed by atoms with Crippen LogP contribution in [0, 0.1) is 5.92 Å². The van der Waals surface area contributed by atoms with E-state index in [-0.39, 0.29) is 0 Å². The summed E-state index contributed by atoms with van der Waals surface area (Å²) in [5, 5.41) is 0. The molecule has 0 N–H and O–H groups in total. The third-order valence-corrected chi connectivity index (χ3v) is 1.93. The van der Waals surface area contributed by atoms with Crippen LogP contribution in [0.5, 0.6) is 0 Å². The van der Waals surface area contributed by atoms with E-state index in [1.807, 2.05) is 0 Å². The normalized spacial score (nSPS) is 22.0. The second kappa shape index (κ2) is 2.81. The molecule has 1 nitrogen and oxygen atoms in total. The van der Waals surface area contributed by atoms with Gasteiger partial charge in [-0.05, 0) is 25.7 Å². The van der Waals surface area contributed by atoms with Crippen molar-refractivity contribution in [1.82, 2.24) is 0 Å². The Morgan fingerprint density at radius 2 is 2.00 bits per heavy atom. The van der Waals surface area contributed by atoms with E-state index < -0.39 is 0 Å². The highest BCUT2D eigenvalue weighted by Crippen LogP contribution is 2.24. The largest absolute Gasteiger partial charge is 0.303 e. The topological polar surface area (TPSA) is 17.1 Å². The highest BCUT2D eigenvalue weighted by Gasteiger charge is 2.13. The van der Waals surface area contributed by atoms with E-state index in [0.717, 1.165) is 32.0 Å². The molecule has 1 rings (SSSR count). The van der Waals surface area contributed by atoms with Crippen LogP contribution in [-0.4, -0.2) is 6.29 Å². The van der Waals surface area contributed by atoms with Gasteiger partial charge in [-0.3, -0.25) is 0 Å². The molecule has 1 aliphatic rings. The van der Waals surface area contributed by atoms with Crippen molar-refractivity contribution < 1.29 is 4.79 Å². The van der Waals surface area contributed by atoms with Crippen LogP contribution in [-0.2, 0) is 4.79 Å². The predicted molar refractivity (Wildman–Crippen MR) is 37.2 cm³/mol. The summed E-state index contributed by atoms with van der Waals surface area (Å²) in [5.41, 5.74) is 1.31. The number of allylic oxidation sites excluding steroid dienone is 1. The maximum atomic E-state index is 10.2. The number of hydrogen-bond donors (Lipinski definition) is 0. The fraction of sp³-hybridized carbons (Fsp3) is 0.625. The van der Waals surface area contributed by atoms with Gasteiger partial charge in [0.25, 0.3) is 0 Å². The van der Waals surface area contributed by atoms with Gasteiger partial charge in [-0.15, -0.1) is 0 Å². The van der Waals surface area contributed by atoms with Crippen molar-refractivity contribution in [3.8, 4) is 0 Å². The summed E-state index contributed by atoms with van der Waals surface area (Å²) in [6.07, 6.45) is 5.25. The van der Waals surface area contributed by atoms with Crippen molar-refractivity contribution >= 4 is 6.29 Å². The maximum Gasteiger partial charge on any atom is 0.123 e. The Kier molecular flexibility index (Phi) is 2.04. The number of rotatable bonds is 1. The van der Waals surface area contributed by atoms with Gasteiger partial charge in [0.1, 0.15) is 6.29 Å². The minimum absolute atomic E-state index is 0.329. The monoisotopic (exact) mass is 124 g/mol. The Labute approximate surface area is 55.8 Å². The summed E-state index contributed by atoms with van der Waals surface area (Å²) in [6, 6.07) is 0. The van der Waals surface area contributed by atoms with Crippen LogP contribution in [0.1, 0.15) is 25.7 Å². The highest BCUT2D eigenvalue weighted by atomic mass is 16.1. The predicted octanol–water partition coefficient (Wildman–Crippen LogP) is 1.93. The molecule has 9 heavy (non-hydrogen) atoms. The Hall–Kier alpha value is -0.590. The van der Waals surface area contributed by atoms with Crippen molar-refractivity contribution in [1.29, 1.82) is 0 Å². The summed E-state index contributed by atoms with van der Waals surface area (Å²) < 4.78 is 0.